The van der Waals surface area contributed by atoms with Crippen LogP contribution in [0.15, 0.2) is 18.5 Å². The fraction of sp³-hybridized carbons (Fsp3) is 0.364. The second-order valence-electron chi connectivity index (χ2n) is 3.56. The van der Waals surface area contributed by atoms with Gasteiger partial charge in [-0.05, 0) is 0 Å². The van der Waals surface area contributed by atoms with E-state index in [2.05, 4.69) is 20.4 Å². The number of nitrogens with zero attached hydrogens (tertiary/aromatic N) is 4. The lowest BCUT2D eigenvalue weighted by Gasteiger charge is -2.04. The molecule has 5 heteroatoms. The monoisotopic (exact) mass is 217 g/mol. The van der Waals surface area contributed by atoms with Crippen LogP contribution in [0, 0.1) is 0 Å². The number of hydrogen-bond acceptors (Lipinski definition) is 4. The Labute approximate surface area is 94.5 Å². The number of hydrogen-bond donors (Lipinski definition) is 1. The van der Waals surface area contributed by atoms with E-state index >= 15 is 0 Å². The van der Waals surface area contributed by atoms with Crippen molar-refractivity contribution in [2.45, 2.75) is 13.3 Å². The Balaban J connectivity index is 2.47. The first-order valence-corrected chi connectivity index (χ1v) is 5.27. The fourth-order valence-corrected chi connectivity index (χ4v) is 1.48. The van der Waals surface area contributed by atoms with Gasteiger partial charge in [-0.15, -0.1) is 0 Å². The van der Waals surface area contributed by atoms with Gasteiger partial charge in [-0.3, -0.25) is 4.68 Å². The maximum atomic E-state index is 4.48. The maximum absolute atomic E-state index is 4.48. The van der Waals surface area contributed by atoms with E-state index in [1.165, 1.54) is 0 Å². The molecule has 0 aliphatic rings. The Hall–Kier alpha value is -1.91. The van der Waals surface area contributed by atoms with Crippen LogP contribution in [0.1, 0.15) is 12.7 Å². The quantitative estimate of drug-likeness (QED) is 0.846. The van der Waals surface area contributed by atoms with Gasteiger partial charge in [-0.25, -0.2) is 9.97 Å². The Morgan fingerprint density at radius 2 is 2.19 bits per heavy atom. The number of aryl methyl sites for hydroxylation is 2. The van der Waals surface area contributed by atoms with Crippen molar-refractivity contribution >= 4 is 5.82 Å². The van der Waals surface area contributed by atoms with Crippen molar-refractivity contribution in [3.05, 3.63) is 24.3 Å². The molecule has 0 amide bonds. The summed E-state index contributed by atoms with van der Waals surface area (Å²) in [4.78, 5) is 8.83. The largest absolute Gasteiger partial charge is 0.373 e. The third kappa shape index (κ3) is 2.03. The first-order valence-electron chi connectivity index (χ1n) is 5.27. The van der Waals surface area contributed by atoms with E-state index in [-0.39, 0.29) is 0 Å². The number of aromatic nitrogens is 4. The van der Waals surface area contributed by atoms with Gasteiger partial charge in [0.2, 0.25) is 0 Å². The minimum absolute atomic E-state index is 0.822. The number of rotatable bonds is 3. The van der Waals surface area contributed by atoms with Crippen LogP contribution in [0.5, 0.6) is 0 Å². The van der Waals surface area contributed by atoms with E-state index in [0.717, 1.165) is 29.3 Å². The van der Waals surface area contributed by atoms with Crippen molar-refractivity contribution in [2.75, 3.05) is 12.4 Å². The van der Waals surface area contributed by atoms with Crippen LogP contribution >= 0.6 is 0 Å². The van der Waals surface area contributed by atoms with E-state index in [0.29, 0.717) is 0 Å². The first kappa shape index (κ1) is 10.6. The van der Waals surface area contributed by atoms with Gasteiger partial charge in [-0.1, -0.05) is 6.92 Å². The summed E-state index contributed by atoms with van der Waals surface area (Å²) in [6, 6.07) is 1.93. The van der Waals surface area contributed by atoms with Crippen LogP contribution in [0.2, 0.25) is 0 Å². The molecule has 0 bridgehead atoms. The third-order valence-corrected chi connectivity index (χ3v) is 2.35. The number of anilines is 1. The molecule has 0 fully saturated rings. The lowest BCUT2D eigenvalue weighted by Crippen LogP contribution is -2.00. The smallest absolute Gasteiger partial charge is 0.131 e. The zero-order valence-corrected chi connectivity index (χ0v) is 9.73. The van der Waals surface area contributed by atoms with Crippen molar-refractivity contribution in [1.29, 1.82) is 0 Å². The van der Waals surface area contributed by atoms with Gasteiger partial charge in [0.15, 0.2) is 0 Å². The highest BCUT2D eigenvalue weighted by molar-refractivity contribution is 5.60. The average Bonchev–Trinajstić information content (AvgIpc) is 2.75. The molecule has 16 heavy (non-hydrogen) atoms. The summed E-state index contributed by atoms with van der Waals surface area (Å²) in [5.74, 6) is 1.68. The molecule has 0 saturated heterocycles. The van der Waals surface area contributed by atoms with E-state index in [1.807, 2.05) is 33.3 Å². The zero-order chi connectivity index (χ0) is 11.5. The van der Waals surface area contributed by atoms with Crippen LogP contribution < -0.4 is 5.32 Å². The summed E-state index contributed by atoms with van der Waals surface area (Å²) >= 11 is 0. The van der Waals surface area contributed by atoms with E-state index < -0.39 is 0 Å². The highest BCUT2D eigenvalue weighted by atomic mass is 15.2. The van der Waals surface area contributed by atoms with Crippen molar-refractivity contribution < 1.29 is 0 Å². The second-order valence-corrected chi connectivity index (χ2v) is 3.56. The summed E-state index contributed by atoms with van der Waals surface area (Å²) in [6.07, 6.45) is 4.57. The molecular weight excluding hydrogens is 202 g/mol. The predicted octanol–water partition coefficient (Wildman–Crippen LogP) is 1.48. The summed E-state index contributed by atoms with van der Waals surface area (Å²) in [5, 5.41) is 7.18. The normalized spacial score (nSPS) is 10.4. The molecule has 0 saturated carbocycles. The fourth-order valence-electron chi connectivity index (χ4n) is 1.48. The van der Waals surface area contributed by atoms with Gasteiger partial charge in [0.1, 0.15) is 11.6 Å². The minimum atomic E-state index is 0.822. The van der Waals surface area contributed by atoms with Crippen LogP contribution in [0.4, 0.5) is 5.82 Å². The highest BCUT2D eigenvalue weighted by Gasteiger charge is 2.06. The van der Waals surface area contributed by atoms with Crippen molar-refractivity contribution in [3.8, 4) is 11.3 Å². The van der Waals surface area contributed by atoms with Gasteiger partial charge in [-0.2, -0.15) is 5.10 Å². The molecule has 84 valence electrons. The summed E-state index contributed by atoms with van der Waals surface area (Å²) in [5.41, 5.74) is 1.92. The summed E-state index contributed by atoms with van der Waals surface area (Å²) < 4.78 is 1.77. The Morgan fingerprint density at radius 1 is 1.38 bits per heavy atom. The summed E-state index contributed by atoms with van der Waals surface area (Å²) in [7, 11) is 3.75. The summed E-state index contributed by atoms with van der Waals surface area (Å²) in [6.45, 7) is 2.04. The molecule has 2 rings (SSSR count). The molecule has 5 nitrogen and oxygen atoms in total. The standard InChI is InChI=1S/C11H15N5/c1-4-10-14-9(5-11(12-2)15-10)8-6-13-16(3)7-8/h5-7H,4H2,1-3H3,(H,12,14,15). The van der Waals surface area contributed by atoms with Crippen LogP contribution in [0.3, 0.4) is 0 Å². The van der Waals surface area contributed by atoms with E-state index in [9.17, 15) is 0 Å². The topological polar surface area (TPSA) is 55.6 Å². The van der Waals surface area contributed by atoms with Crippen molar-refractivity contribution in [3.63, 3.8) is 0 Å². The Morgan fingerprint density at radius 3 is 2.75 bits per heavy atom. The molecule has 0 aliphatic heterocycles. The van der Waals surface area contributed by atoms with Gasteiger partial charge in [0.25, 0.3) is 0 Å². The van der Waals surface area contributed by atoms with Crippen LogP contribution in [0.25, 0.3) is 11.3 Å². The maximum Gasteiger partial charge on any atom is 0.131 e. The third-order valence-electron chi connectivity index (χ3n) is 2.35. The molecule has 0 unspecified atom stereocenters. The second kappa shape index (κ2) is 4.30. The highest BCUT2D eigenvalue weighted by Crippen LogP contribution is 2.18. The molecule has 0 aromatic carbocycles. The number of nitrogens with one attached hydrogen (secondary N) is 1. The average molecular weight is 217 g/mol. The molecule has 0 radical (unpaired) electrons. The van der Waals surface area contributed by atoms with Gasteiger partial charge < -0.3 is 5.32 Å². The minimum Gasteiger partial charge on any atom is -0.373 e. The zero-order valence-electron chi connectivity index (χ0n) is 9.73. The molecular formula is C11H15N5. The molecule has 0 atom stereocenters. The SMILES string of the molecule is CCc1nc(NC)cc(-c2cnn(C)c2)n1. The van der Waals surface area contributed by atoms with E-state index in [1.54, 1.807) is 10.9 Å². The first-order chi connectivity index (χ1) is 7.72. The predicted molar refractivity (Wildman–Crippen MR) is 63.2 cm³/mol. The Bertz CT molecular complexity index is 467. The lowest BCUT2D eigenvalue weighted by atomic mass is 10.2. The van der Waals surface area contributed by atoms with Crippen LogP contribution in [-0.4, -0.2) is 26.8 Å². The van der Waals surface area contributed by atoms with Crippen molar-refractivity contribution in [2.24, 2.45) is 7.05 Å². The molecule has 1 N–H and O–H groups in total. The van der Waals surface area contributed by atoms with Crippen LogP contribution in [-0.2, 0) is 13.5 Å². The van der Waals surface area contributed by atoms with Gasteiger partial charge >= 0.3 is 0 Å². The molecule has 2 heterocycles. The van der Waals surface area contributed by atoms with Gasteiger partial charge in [0.05, 0.1) is 11.9 Å². The van der Waals surface area contributed by atoms with Gasteiger partial charge in [0, 0.05) is 38.3 Å². The molecule has 0 aliphatic carbocycles. The molecule has 2 aromatic heterocycles. The Kier molecular flexibility index (Phi) is 2.85. The molecule has 2 aromatic rings. The lowest BCUT2D eigenvalue weighted by molar-refractivity contribution is 0.768. The van der Waals surface area contributed by atoms with Crippen molar-refractivity contribution in [1.82, 2.24) is 19.7 Å². The van der Waals surface area contributed by atoms with E-state index in [4.69, 9.17) is 0 Å². The molecule has 0 spiro atoms.